The van der Waals surface area contributed by atoms with Crippen LogP contribution < -0.4 is 10.6 Å². The number of carbonyl (C=O) groups is 3. The molecule has 1 aliphatic heterocycles. The number of anilines is 1. The minimum absolute atomic E-state index is 0.383. The van der Waals surface area contributed by atoms with Crippen LogP contribution in [-0.4, -0.2) is 29.3 Å². The SMILES string of the molecule is C[C@@]1(c2ccc(Cl)cc2)NC(=O)N(CC(=O)Nc2ccccc2SCc2ccccc2)C1=O. The molecule has 4 rings (SSSR count). The molecule has 1 aliphatic rings. The van der Waals surface area contributed by atoms with Crippen molar-refractivity contribution in [3.8, 4) is 0 Å². The van der Waals surface area contributed by atoms with Gasteiger partial charge in [-0.3, -0.25) is 14.5 Å². The van der Waals surface area contributed by atoms with Gasteiger partial charge in [-0.15, -0.1) is 11.8 Å². The summed E-state index contributed by atoms with van der Waals surface area (Å²) in [5.41, 5.74) is 1.14. The van der Waals surface area contributed by atoms with Gasteiger partial charge in [0.15, 0.2) is 0 Å². The Morgan fingerprint density at radius 1 is 1.00 bits per heavy atom. The molecule has 1 fully saturated rings. The van der Waals surface area contributed by atoms with Crippen LogP contribution in [0, 0.1) is 0 Å². The molecule has 3 aromatic carbocycles. The molecule has 1 atom stereocenters. The summed E-state index contributed by atoms with van der Waals surface area (Å²) in [5, 5.41) is 6.06. The lowest BCUT2D eigenvalue weighted by molar-refractivity contribution is -0.133. The van der Waals surface area contributed by atoms with E-state index in [2.05, 4.69) is 10.6 Å². The lowest BCUT2D eigenvalue weighted by atomic mass is 9.92. The second kappa shape index (κ2) is 9.68. The predicted molar refractivity (Wildman–Crippen MR) is 130 cm³/mol. The monoisotopic (exact) mass is 479 g/mol. The van der Waals surface area contributed by atoms with Crippen LogP contribution in [0.2, 0.25) is 5.02 Å². The number of thioether (sulfide) groups is 1. The van der Waals surface area contributed by atoms with Crippen molar-refractivity contribution in [2.45, 2.75) is 23.1 Å². The highest BCUT2D eigenvalue weighted by molar-refractivity contribution is 7.98. The highest BCUT2D eigenvalue weighted by Crippen LogP contribution is 2.31. The van der Waals surface area contributed by atoms with Gasteiger partial charge in [-0.1, -0.05) is 66.2 Å². The molecule has 0 saturated carbocycles. The first-order chi connectivity index (χ1) is 15.9. The third-order valence-corrected chi connectivity index (χ3v) is 6.79. The predicted octanol–water partition coefficient (Wildman–Crippen LogP) is 5.04. The fourth-order valence-electron chi connectivity index (χ4n) is 3.58. The summed E-state index contributed by atoms with van der Waals surface area (Å²) >= 11 is 7.53. The molecule has 0 radical (unpaired) electrons. The second-order valence-electron chi connectivity index (χ2n) is 7.77. The molecule has 0 bridgehead atoms. The van der Waals surface area contributed by atoms with E-state index in [1.165, 1.54) is 5.56 Å². The van der Waals surface area contributed by atoms with E-state index in [9.17, 15) is 14.4 Å². The minimum Gasteiger partial charge on any atom is -0.324 e. The number of hydrogen-bond donors (Lipinski definition) is 2. The molecule has 0 spiro atoms. The van der Waals surface area contributed by atoms with Crippen molar-refractivity contribution in [3.63, 3.8) is 0 Å². The molecule has 4 amide bonds. The minimum atomic E-state index is -1.26. The van der Waals surface area contributed by atoms with E-state index in [4.69, 9.17) is 11.6 Å². The number of nitrogens with zero attached hydrogens (tertiary/aromatic N) is 1. The van der Waals surface area contributed by atoms with Gasteiger partial charge in [0.2, 0.25) is 5.91 Å². The number of urea groups is 1. The summed E-state index contributed by atoms with van der Waals surface area (Å²) in [5.74, 6) is -0.191. The zero-order valence-corrected chi connectivity index (χ0v) is 19.5. The van der Waals surface area contributed by atoms with Gasteiger partial charge in [0.25, 0.3) is 5.91 Å². The van der Waals surface area contributed by atoms with Crippen LogP contribution in [0.4, 0.5) is 10.5 Å². The van der Waals surface area contributed by atoms with Crippen molar-refractivity contribution in [1.82, 2.24) is 10.2 Å². The number of rotatable bonds is 7. The van der Waals surface area contributed by atoms with E-state index in [1.807, 2.05) is 48.5 Å². The summed E-state index contributed by atoms with van der Waals surface area (Å²) in [7, 11) is 0. The molecule has 0 unspecified atom stereocenters. The molecule has 0 aliphatic carbocycles. The fourth-order valence-corrected chi connectivity index (χ4v) is 4.67. The molecule has 8 heteroatoms. The topological polar surface area (TPSA) is 78.5 Å². The maximum atomic E-state index is 13.1. The number of hydrogen-bond acceptors (Lipinski definition) is 4. The van der Waals surface area contributed by atoms with E-state index in [0.29, 0.717) is 16.3 Å². The molecular weight excluding hydrogens is 458 g/mol. The molecule has 1 heterocycles. The Morgan fingerprint density at radius 3 is 2.39 bits per heavy atom. The lowest BCUT2D eigenvalue weighted by Gasteiger charge is -2.22. The summed E-state index contributed by atoms with van der Waals surface area (Å²) in [6, 6.07) is 23.5. The Hall–Kier alpha value is -3.29. The van der Waals surface area contributed by atoms with Crippen LogP contribution >= 0.6 is 23.4 Å². The summed E-state index contributed by atoms with van der Waals surface area (Å²) < 4.78 is 0. The molecular formula is C25H22ClN3O3S. The molecule has 168 valence electrons. The molecule has 6 nitrogen and oxygen atoms in total. The van der Waals surface area contributed by atoms with Gasteiger partial charge in [0, 0.05) is 15.7 Å². The third kappa shape index (κ3) is 5.05. The fraction of sp³-hybridized carbons (Fsp3) is 0.160. The average molecular weight is 480 g/mol. The van der Waals surface area contributed by atoms with Crippen molar-refractivity contribution in [2.75, 3.05) is 11.9 Å². The van der Waals surface area contributed by atoms with Gasteiger partial charge in [-0.2, -0.15) is 0 Å². The Bertz CT molecular complexity index is 1190. The first-order valence-electron chi connectivity index (χ1n) is 10.3. The number of halogens is 1. The highest BCUT2D eigenvalue weighted by atomic mass is 35.5. The van der Waals surface area contributed by atoms with Gasteiger partial charge in [0.1, 0.15) is 12.1 Å². The Labute approximate surface area is 201 Å². The lowest BCUT2D eigenvalue weighted by Crippen LogP contribution is -2.42. The van der Waals surface area contributed by atoms with Crippen LogP contribution in [-0.2, 0) is 20.9 Å². The quantitative estimate of drug-likeness (QED) is 0.367. The Kier molecular flexibility index (Phi) is 6.72. The maximum absolute atomic E-state index is 13.1. The average Bonchev–Trinajstić information content (AvgIpc) is 3.03. The van der Waals surface area contributed by atoms with Crippen molar-refractivity contribution >= 4 is 46.9 Å². The van der Waals surface area contributed by atoms with Crippen molar-refractivity contribution in [3.05, 3.63) is 95.0 Å². The van der Waals surface area contributed by atoms with E-state index in [0.717, 1.165) is 15.5 Å². The standard InChI is InChI=1S/C25H22ClN3O3S/c1-25(18-11-13-19(26)14-12-18)23(31)29(24(32)28-25)15-22(30)27-20-9-5-6-10-21(20)33-16-17-7-3-2-4-8-17/h2-14H,15-16H2,1H3,(H,27,30)(H,28,32)/t25-/m0/s1. The van der Waals surface area contributed by atoms with E-state index in [-0.39, 0.29) is 6.54 Å². The number of carbonyl (C=O) groups excluding carboxylic acids is 3. The molecule has 0 aromatic heterocycles. The Balaban J connectivity index is 1.43. The first kappa shape index (κ1) is 22.9. The largest absolute Gasteiger partial charge is 0.325 e. The second-order valence-corrected chi connectivity index (χ2v) is 9.23. The molecule has 2 N–H and O–H groups in total. The van der Waals surface area contributed by atoms with Gasteiger partial charge in [-0.05, 0) is 42.3 Å². The van der Waals surface area contributed by atoms with Crippen LogP contribution in [0.5, 0.6) is 0 Å². The molecule has 33 heavy (non-hydrogen) atoms. The number of benzene rings is 3. The van der Waals surface area contributed by atoms with Gasteiger partial charge in [-0.25, -0.2) is 4.79 Å². The Morgan fingerprint density at radius 2 is 1.67 bits per heavy atom. The molecule has 3 aromatic rings. The molecule has 1 saturated heterocycles. The van der Waals surface area contributed by atoms with Crippen LogP contribution in [0.15, 0.2) is 83.8 Å². The van der Waals surface area contributed by atoms with Crippen LogP contribution in [0.25, 0.3) is 0 Å². The highest BCUT2D eigenvalue weighted by Gasteiger charge is 2.49. The number of nitrogens with one attached hydrogen (secondary N) is 2. The third-order valence-electron chi connectivity index (χ3n) is 5.40. The maximum Gasteiger partial charge on any atom is 0.325 e. The smallest absolute Gasteiger partial charge is 0.324 e. The van der Waals surface area contributed by atoms with Gasteiger partial charge >= 0.3 is 6.03 Å². The van der Waals surface area contributed by atoms with Crippen molar-refractivity contribution < 1.29 is 14.4 Å². The van der Waals surface area contributed by atoms with E-state index in [1.54, 1.807) is 49.0 Å². The summed E-state index contributed by atoms with van der Waals surface area (Å²) in [4.78, 5) is 40.2. The number of imide groups is 1. The zero-order chi connectivity index (χ0) is 23.4. The zero-order valence-electron chi connectivity index (χ0n) is 17.9. The normalized spacial score (nSPS) is 17.7. The van der Waals surface area contributed by atoms with Crippen LogP contribution in [0.1, 0.15) is 18.1 Å². The van der Waals surface area contributed by atoms with E-state index >= 15 is 0 Å². The van der Waals surface area contributed by atoms with E-state index < -0.39 is 23.4 Å². The van der Waals surface area contributed by atoms with Crippen LogP contribution in [0.3, 0.4) is 0 Å². The van der Waals surface area contributed by atoms with Gasteiger partial charge in [0.05, 0.1) is 5.69 Å². The van der Waals surface area contributed by atoms with Crippen molar-refractivity contribution in [2.24, 2.45) is 0 Å². The van der Waals surface area contributed by atoms with Crippen molar-refractivity contribution in [1.29, 1.82) is 0 Å². The summed E-state index contributed by atoms with van der Waals surface area (Å²) in [6.07, 6.45) is 0. The number of amides is 4. The first-order valence-corrected chi connectivity index (χ1v) is 11.7. The summed E-state index contributed by atoms with van der Waals surface area (Å²) in [6.45, 7) is 1.23. The number of para-hydroxylation sites is 1. The van der Waals surface area contributed by atoms with Gasteiger partial charge < -0.3 is 10.6 Å².